The second-order valence-electron chi connectivity index (χ2n) is 6.74. The Morgan fingerprint density at radius 1 is 1.00 bits per heavy atom. The molecule has 2 aromatic rings. The number of hydrogen-bond acceptors (Lipinski definition) is 2. The van der Waals surface area contributed by atoms with Crippen molar-refractivity contribution in [1.82, 2.24) is 0 Å². The van der Waals surface area contributed by atoms with E-state index in [1.807, 2.05) is 24.3 Å². The van der Waals surface area contributed by atoms with Gasteiger partial charge in [0, 0.05) is 17.7 Å². The van der Waals surface area contributed by atoms with E-state index in [4.69, 9.17) is 0 Å². The molecule has 1 N–H and O–H groups in total. The summed E-state index contributed by atoms with van der Waals surface area (Å²) < 4.78 is 0. The summed E-state index contributed by atoms with van der Waals surface area (Å²) in [5.41, 5.74) is 4.39. The van der Waals surface area contributed by atoms with Gasteiger partial charge in [0.1, 0.15) is 0 Å². The van der Waals surface area contributed by atoms with Crippen LogP contribution in [0.4, 0.5) is 5.69 Å². The third-order valence-corrected chi connectivity index (χ3v) is 4.13. The van der Waals surface area contributed by atoms with Gasteiger partial charge in [0.2, 0.25) is 0 Å². The number of benzene rings is 2. The maximum Gasteiger partial charge on any atom is 0.167 e. The van der Waals surface area contributed by atoms with E-state index in [9.17, 15) is 4.79 Å². The lowest BCUT2D eigenvalue weighted by molar-refractivity contribution is 0.0972. The molecule has 0 amide bonds. The van der Waals surface area contributed by atoms with Gasteiger partial charge in [-0.1, -0.05) is 57.2 Å². The molecular weight excluding hydrogens is 258 g/mol. The smallest absolute Gasteiger partial charge is 0.167 e. The summed E-state index contributed by atoms with van der Waals surface area (Å²) in [4.78, 5) is 12.3. The van der Waals surface area contributed by atoms with Crippen LogP contribution in [-0.4, -0.2) is 5.78 Å². The van der Waals surface area contributed by atoms with Crippen LogP contribution in [0.1, 0.15) is 54.7 Å². The van der Waals surface area contributed by atoms with Gasteiger partial charge in [-0.25, -0.2) is 0 Å². The van der Waals surface area contributed by atoms with Gasteiger partial charge in [-0.15, -0.1) is 0 Å². The van der Waals surface area contributed by atoms with Gasteiger partial charge in [-0.2, -0.15) is 0 Å². The number of carbonyl (C=O) groups excluding carboxylic acids is 1. The maximum atomic E-state index is 12.3. The Labute approximate surface area is 126 Å². The first-order chi connectivity index (χ1) is 9.95. The molecule has 0 aliphatic carbocycles. The van der Waals surface area contributed by atoms with Crippen molar-refractivity contribution < 1.29 is 4.79 Å². The zero-order valence-corrected chi connectivity index (χ0v) is 12.8. The molecule has 108 valence electrons. The third-order valence-electron chi connectivity index (χ3n) is 4.13. The number of nitrogens with one attached hydrogen (secondary N) is 1. The average Bonchev–Trinajstić information content (AvgIpc) is 2.46. The number of rotatable bonds is 1. The zero-order chi connectivity index (χ0) is 15.0. The Morgan fingerprint density at radius 3 is 2.33 bits per heavy atom. The van der Waals surface area contributed by atoms with Gasteiger partial charge in [0.25, 0.3) is 0 Å². The van der Waals surface area contributed by atoms with E-state index in [0.29, 0.717) is 6.42 Å². The Morgan fingerprint density at radius 2 is 1.67 bits per heavy atom. The number of hydrogen-bond donors (Lipinski definition) is 1. The number of fused-ring (bicyclic) bond motifs is 1. The second kappa shape index (κ2) is 5.03. The molecule has 1 unspecified atom stereocenters. The van der Waals surface area contributed by atoms with Crippen LogP contribution >= 0.6 is 0 Å². The molecule has 1 aliphatic heterocycles. The predicted molar refractivity (Wildman–Crippen MR) is 86.9 cm³/mol. The zero-order valence-electron chi connectivity index (χ0n) is 12.8. The largest absolute Gasteiger partial charge is 0.377 e. The lowest BCUT2D eigenvalue weighted by Gasteiger charge is -2.27. The molecule has 2 nitrogen and oxygen atoms in total. The van der Waals surface area contributed by atoms with E-state index < -0.39 is 0 Å². The van der Waals surface area contributed by atoms with Crippen LogP contribution in [0.25, 0.3) is 0 Å². The summed E-state index contributed by atoms with van der Waals surface area (Å²) in [5.74, 6) is 0.217. The van der Waals surface area contributed by atoms with Crippen LogP contribution in [-0.2, 0) is 5.41 Å². The Bertz CT molecular complexity index is 665. The molecule has 1 heterocycles. The van der Waals surface area contributed by atoms with Gasteiger partial charge in [0.15, 0.2) is 5.78 Å². The molecule has 3 rings (SSSR count). The summed E-state index contributed by atoms with van der Waals surface area (Å²) in [7, 11) is 0. The molecule has 21 heavy (non-hydrogen) atoms. The number of para-hydroxylation sites is 1. The fraction of sp³-hybridized carbons (Fsp3) is 0.316. The summed E-state index contributed by atoms with van der Waals surface area (Å²) in [6.07, 6.45) is 0.520. The summed E-state index contributed by atoms with van der Waals surface area (Å²) >= 11 is 0. The lowest BCUT2D eigenvalue weighted by Crippen LogP contribution is -2.22. The SMILES string of the molecule is CC(C)(C)c1ccc(C2CC(=O)c3ccccc3N2)cc1. The van der Waals surface area contributed by atoms with E-state index in [1.54, 1.807) is 0 Å². The summed E-state index contributed by atoms with van der Waals surface area (Å²) in [5, 5.41) is 3.48. The number of carbonyl (C=O) groups is 1. The van der Waals surface area contributed by atoms with E-state index in [2.05, 4.69) is 50.4 Å². The molecule has 0 fully saturated rings. The number of Topliss-reactive ketones (excluding diaryl/α,β-unsaturated/α-hetero) is 1. The molecule has 1 atom stereocenters. The monoisotopic (exact) mass is 279 g/mol. The fourth-order valence-electron chi connectivity index (χ4n) is 2.80. The molecule has 0 aromatic heterocycles. The Kier molecular flexibility index (Phi) is 3.32. The third kappa shape index (κ3) is 2.71. The highest BCUT2D eigenvalue weighted by Gasteiger charge is 2.25. The first-order valence-electron chi connectivity index (χ1n) is 7.44. The van der Waals surface area contributed by atoms with Gasteiger partial charge >= 0.3 is 0 Å². The molecular formula is C19H21NO. The molecule has 2 heteroatoms. The van der Waals surface area contributed by atoms with Crippen LogP contribution in [0.3, 0.4) is 0 Å². The lowest BCUT2D eigenvalue weighted by atomic mass is 9.85. The normalized spacial score (nSPS) is 18.0. The Hall–Kier alpha value is -2.09. The minimum atomic E-state index is 0.0708. The minimum absolute atomic E-state index is 0.0708. The topological polar surface area (TPSA) is 29.1 Å². The fourth-order valence-corrected chi connectivity index (χ4v) is 2.80. The second-order valence-corrected chi connectivity index (χ2v) is 6.74. The van der Waals surface area contributed by atoms with Crippen molar-refractivity contribution in [2.45, 2.75) is 38.6 Å². The molecule has 2 aromatic carbocycles. The van der Waals surface area contributed by atoms with E-state index in [0.717, 1.165) is 11.3 Å². The van der Waals surface area contributed by atoms with Gasteiger partial charge in [0.05, 0.1) is 6.04 Å². The number of ketones is 1. The van der Waals surface area contributed by atoms with Gasteiger partial charge < -0.3 is 5.32 Å². The van der Waals surface area contributed by atoms with Crippen LogP contribution in [0.2, 0.25) is 0 Å². The van der Waals surface area contributed by atoms with Crippen molar-refractivity contribution in [1.29, 1.82) is 0 Å². The molecule has 0 bridgehead atoms. The van der Waals surface area contributed by atoms with Gasteiger partial charge in [-0.3, -0.25) is 4.79 Å². The van der Waals surface area contributed by atoms with Crippen molar-refractivity contribution in [3.63, 3.8) is 0 Å². The molecule has 0 radical (unpaired) electrons. The van der Waals surface area contributed by atoms with Gasteiger partial charge in [-0.05, 0) is 28.7 Å². The first kappa shape index (κ1) is 13.9. The van der Waals surface area contributed by atoms with Crippen molar-refractivity contribution in [3.05, 3.63) is 65.2 Å². The van der Waals surface area contributed by atoms with Crippen molar-refractivity contribution in [2.75, 3.05) is 5.32 Å². The highest BCUT2D eigenvalue weighted by Crippen LogP contribution is 2.33. The first-order valence-corrected chi connectivity index (χ1v) is 7.44. The predicted octanol–water partition coefficient (Wildman–Crippen LogP) is 4.72. The van der Waals surface area contributed by atoms with E-state index >= 15 is 0 Å². The molecule has 0 spiro atoms. The van der Waals surface area contributed by atoms with Crippen LogP contribution < -0.4 is 5.32 Å². The summed E-state index contributed by atoms with van der Waals surface area (Å²) in [6.45, 7) is 6.63. The molecule has 0 saturated carbocycles. The van der Waals surface area contributed by atoms with Crippen LogP contribution in [0.5, 0.6) is 0 Å². The van der Waals surface area contributed by atoms with Crippen LogP contribution in [0.15, 0.2) is 48.5 Å². The van der Waals surface area contributed by atoms with Crippen LogP contribution in [0, 0.1) is 0 Å². The molecule has 0 saturated heterocycles. The van der Waals surface area contributed by atoms with Crippen molar-refractivity contribution in [2.24, 2.45) is 0 Å². The van der Waals surface area contributed by atoms with E-state index in [-0.39, 0.29) is 17.2 Å². The average molecular weight is 279 g/mol. The minimum Gasteiger partial charge on any atom is -0.377 e. The highest BCUT2D eigenvalue weighted by molar-refractivity contribution is 6.03. The molecule has 1 aliphatic rings. The Balaban J connectivity index is 1.88. The summed E-state index contributed by atoms with van der Waals surface area (Å²) in [6, 6.07) is 16.4. The van der Waals surface area contributed by atoms with Crippen molar-refractivity contribution >= 4 is 11.5 Å². The quantitative estimate of drug-likeness (QED) is 0.818. The van der Waals surface area contributed by atoms with E-state index in [1.165, 1.54) is 11.1 Å². The highest BCUT2D eigenvalue weighted by atomic mass is 16.1. The number of anilines is 1. The standard InChI is InChI=1S/C19H21NO/c1-19(2,3)14-10-8-13(9-11-14)17-12-18(21)15-6-4-5-7-16(15)20-17/h4-11,17,20H,12H2,1-3H3. The van der Waals surface area contributed by atoms with Crippen molar-refractivity contribution in [3.8, 4) is 0 Å². The maximum absolute atomic E-state index is 12.3.